The number of anilines is 1. The second-order valence-corrected chi connectivity index (χ2v) is 5.08. The molecule has 0 saturated carbocycles. The minimum Gasteiger partial charge on any atom is -0.481 e. The van der Waals surface area contributed by atoms with Gasteiger partial charge in [0.25, 0.3) is 0 Å². The number of carboxylic acid groups (broad SMARTS) is 1. The van der Waals surface area contributed by atoms with Crippen molar-refractivity contribution in [2.24, 2.45) is 0 Å². The second-order valence-electron chi connectivity index (χ2n) is 4.22. The lowest BCUT2D eigenvalue weighted by Crippen LogP contribution is -2.41. The van der Waals surface area contributed by atoms with Gasteiger partial charge in [-0.2, -0.15) is 0 Å². The lowest BCUT2D eigenvalue weighted by atomic mass is 10.1. The van der Waals surface area contributed by atoms with Crippen molar-refractivity contribution < 1.29 is 14.7 Å². The largest absolute Gasteiger partial charge is 0.481 e. The Kier molecular flexibility index (Phi) is 4.14. The number of aromatic nitrogens is 1. The van der Waals surface area contributed by atoms with Gasteiger partial charge < -0.3 is 15.7 Å². The van der Waals surface area contributed by atoms with Crippen LogP contribution in [0.5, 0.6) is 0 Å². The third-order valence-corrected chi connectivity index (χ3v) is 3.56. The first-order valence-corrected chi connectivity index (χ1v) is 6.71. The monoisotopic (exact) mass is 269 g/mol. The van der Waals surface area contributed by atoms with E-state index in [1.54, 1.807) is 0 Å². The van der Waals surface area contributed by atoms with Crippen molar-refractivity contribution in [1.29, 1.82) is 0 Å². The number of hydrogen-bond acceptors (Lipinski definition) is 5. The molecule has 2 heterocycles. The van der Waals surface area contributed by atoms with Crippen molar-refractivity contribution in [1.82, 2.24) is 10.3 Å². The molecule has 0 radical (unpaired) electrons. The van der Waals surface area contributed by atoms with E-state index in [1.807, 2.05) is 5.38 Å². The van der Waals surface area contributed by atoms with Crippen LogP contribution in [0.15, 0.2) is 5.38 Å². The predicted octanol–water partition coefficient (Wildman–Crippen LogP) is 0.851. The van der Waals surface area contributed by atoms with Crippen molar-refractivity contribution in [2.75, 3.05) is 11.9 Å². The lowest BCUT2D eigenvalue weighted by molar-refractivity contribution is -0.137. The van der Waals surface area contributed by atoms with Gasteiger partial charge in [0.05, 0.1) is 12.1 Å². The van der Waals surface area contributed by atoms with Crippen molar-refractivity contribution >= 4 is 28.3 Å². The number of nitrogens with zero attached hydrogens (tertiary/aromatic N) is 1. The van der Waals surface area contributed by atoms with Gasteiger partial charge in [0, 0.05) is 30.8 Å². The summed E-state index contributed by atoms with van der Waals surface area (Å²) in [6.07, 6.45) is 1.89. The molecule has 1 aliphatic rings. The zero-order chi connectivity index (χ0) is 13.0. The number of aryl methyl sites for hydroxylation is 1. The van der Waals surface area contributed by atoms with Crippen LogP contribution in [0, 0.1) is 0 Å². The Balaban J connectivity index is 1.82. The summed E-state index contributed by atoms with van der Waals surface area (Å²) in [6.45, 7) is 0.614. The van der Waals surface area contributed by atoms with Crippen molar-refractivity contribution in [3.8, 4) is 0 Å². The molecule has 1 amide bonds. The summed E-state index contributed by atoms with van der Waals surface area (Å²) in [6, 6.07) is 0.209. The van der Waals surface area contributed by atoms with Crippen LogP contribution in [0.2, 0.25) is 0 Å². The maximum atomic E-state index is 11.0. The van der Waals surface area contributed by atoms with Gasteiger partial charge in [-0.1, -0.05) is 0 Å². The Morgan fingerprint density at radius 1 is 1.67 bits per heavy atom. The van der Waals surface area contributed by atoms with Crippen LogP contribution in [-0.4, -0.2) is 34.6 Å². The van der Waals surface area contributed by atoms with E-state index >= 15 is 0 Å². The number of thiazole rings is 1. The highest BCUT2D eigenvalue weighted by molar-refractivity contribution is 7.13. The Morgan fingerprint density at radius 3 is 3.17 bits per heavy atom. The van der Waals surface area contributed by atoms with Crippen LogP contribution in [0.1, 0.15) is 25.0 Å². The average Bonchev–Trinajstić information content (AvgIpc) is 2.77. The molecule has 1 aromatic heterocycles. The summed E-state index contributed by atoms with van der Waals surface area (Å²) in [5, 5.41) is 17.3. The topological polar surface area (TPSA) is 91.3 Å². The molecule has 0 aliphatic carbocycles. The first-order chi connectivity index (χ1) is 8.63. The molecular weight excluding hydrogens is 254 g/mol. The molecule has 1 unspecified atom stereocenters. The zero-order valence-corrected chi connectivity index (χ0v) is 10.6. The summed E-state index contributed by atoms with van der Waals surface area (Å²) in [4.78, 5) is 25.8. The quantitative estimate of drug-likeness (QED) is 0.737. The van der Waals surface area contributed by atoms with Crippen molar-refractivity contribution in [3.63, 3.8) is 0 Å². The number of carbonyl (C=O) groups is 2. The smallest absolute Gasteiger partial charge is 0.303 e. The number of aliphatic carboxylic acids is 1. The van der Waals surface area contributed by atoms with Crippen LogP contribution in [0.3, 0.4) is 0 Å². The number of hydrogen-bond donors (Lipinski definition) is 3. The maximum Gasteiger partial charge on any atom is 0.303 e. The minimum atomic E-state index is -0.812. The van der Waals surface area contributed by atoms with Crippen LogP contribution in [-0.2, 0) is 16.0 Å². The molecule has 18 heavy (non-hydrogen) atoms. The summed E-state index contributed by atoms with van der Waals surface area (Å²) < 4.78 is 0. The molecule has 1 saturated heterocycles. The molecule has 1 aliphatic heterocycles. The first kappa shape index (κ1) is 12.8. The van der Waals surface area contributed by atoms with Crippen molar-refractivity contribution in [2.45, 2.75) is 31.7 Å². The standard InChI is InChI=1S/C11H15N3O3S/c15-9-3-1-7(5-12-9)13-11-14-8(6-18-11)2-4-10(16)17/h6-7H,1-5H2,(H,12,15)(H,13,14)(H,16,17). The molecule has 98 valence electrons. The van der Waals surface area contributed by atoms with Crippen LogP contribution < -0.4 is 10.6 Å². The molecule has 0 bridgehead atoms. The third kappa shape index (κ3) is 3.69. The SMILES string of the molecule is O=C(O)CCc1csc(NC2CCC(=O)NC2)n1. The molecule has 0 aromatic carbocycles. The molecule has 2 rings (SSSR count). The fourth-order valence-corrected chi connectivity index (χ4v) is 2.58. The first-order valence-electron chi connectivity index (χ1n) is 5.83. The predicted molar refractivity (Wildman–Crippen MR) is 67.7 cm³/mol. The molecule has 1 atom stereocenters. The number of nitrogens with one attached hydrogen (secondary N) is 2. The normalized spacial score (nSPS) is 19.3. The molecular formula is C11H15N3O3S. The van der Waals surface area contributed by atoms with Crippen LogP contribution in [0.4, 0.5) is 5.13 Å². The van der Waals surface area contributed by atoms with E-state index in [0.29, 0.717) is 19.4 Å². The number of carboxylic acids is 1. The zero-order valence-electron chi connectivity index (χ0n) is 9.81. The number of piperidine rings is 1. The van der Waals surface area contributed by atoms with Gasteiger partial charge in [-0.15, -0.1) is 11.3 Å². The van der Waals surface area contributed by atoms with Gasteiger partial charge in [0.2, 0.25) is 5.91 Å². The molecule has 1 fully saturated rings. The lowest BCUT2D eigenvalue weighted by Gasteiger charge is -2.22. The Morgan fingerprint density at radius 2 is 2.50 bits per heavy atom. The van der Waals surface area contributed by atoms with Gasteiger partial charge in [-0.05, 0) is 6.42 Å². The van der Waals surface area contributed by atoms with Crippen LogP contribution >= 0.6 is 11.3 Å². The van der Waals surface area contributed by atoms with Gasteiger partial charge in [-0.25, -0.2) is 4.98 Å². The van der Waals surface area contributed by atoms with E-state index in [-0.39, 0.29) is 18.4 Å². The summed E-state index contributed by atoms with van der Waals surface area (Å²) >= 11 is 1.47. The van der Waals surface area contributed by atoms with E-state index in [1.165, 1.54) is 11.3 Å². The average molecular weight is 269 g/mol. The van der Waals surface area contributed by atoms with Gasteiger partial charge in [-0.3, -0.25) is 9.59 Å². The minimum absolute atomic E-state index is 0.0920. The highest BCUT2D eigenvalue weighted by atomic mass is 32.1. The molecule has 0 spiro atoms. The van der Waals surface area contributed by atoms with Crippen molar-refractivity contribution in [3.05, 3.63) is 11.1 Å². The summed E-state index contributed by atoms with van der Waals surface area (Å²) in [5.41, 5.74) is 0.796. The fourth-order valence-electron chi connectivity index (χ4n) is 1.75. The Bertz CT molecular complexity index is 436. The molecule has 3 N–H and O–H groups in total. The van der Waals surface area contributed by atoms with Gasteiger partial charge in [0.15, 0.2) is 5.13 Å². The molecule has 6 nitrogen and oxygen atoms in total. The van der Waals surface area contributed by atoms with E-state index in [0.717, 1.165) is 17.2 Å². The fraction of sp³-hybridized carbons (Fsp3) is 0.545. The Hall–Kier alpha value is -1.63. The van der Waals surface area contributed by atoms with Crippen LogP contribution in [0.25, 0.3) is 0 Å². The highest BCUT2D eigenvalue weighted by Gasteiger charge is 2.18. The summed E-state index contributed by atoms with van der Waals surface area (Å²) in [5.74, 6) is -0.721. The van der Waals surface area contributed by atoms with E-state index < -0.39 is 5.97 Å². The van der Waals surface area contributed by atoms with E-state index in [2.05, 4.69) is 15.6 Å². The number of amides is 1. The Labute approximate surface area is 108 Å². The molecule has 7 heteroatoms. The maximum absolute atomic E-state index is 11.0. The highest BCUT2D eigenvalue weighted by Crippen LogP contribution is 2.19. The second kappa shape index (κ2) is 5.81. The number of rotatable bonds is 5. The van der Waals surface area contributed by atoms with Gasteiger partial charge in [0.1, 0.15) is 0 Å². The van der Waals surface area contributed by atoms with E-state index in [9.17, 15) is 9.59 Å². The summed E-state index contributed by atoms with van der Waals surface area (Å²) in [7, 11) is 0. The number of carbonyl (C=O) groups excluding carboxylic acids is 1. The third-order valence-electron chi connectivity index (χ3n) is 2.74. The van der Waals surface area contributed by atoms with Gasteiger partial charge >= 0.3 is 5.97 Å². The van der Waals surface area contributed by atoms with E-state index in [4.69, 9.17) is 5.11 Å². The molecule has 1 aromatic rings.